The summed E-state index contributed by atoms with van der Waals surface area (Å²) in [5.41, 5.74) is 2.13. The molecule has 0 unspecified atom stereocenters. The normalized spacial score (nSPS) is 11.0. The van der Waals surface area contributed by atoms with Gasteiger partial charge in [0.05, 0.1) is 12.7 Å². The minimum absolute atomic E-state index is 0.200. The second-order valence-electron chi connectivity index (χ2n) is 4.26. The van der Waals surface area contributed by atoms with Crippen molar-refractivity contribution in [2.24, 2.45) is 0 Å². The Morgan fingerprint density at radius 2 is 2.19 bits per heavy atom. The zero-order valence-corrected chi connectivity index (χ0v) is 9.52. The van der Waals surface area contributed by atoms with Gasteiger partial charge in [-0.05, 0) is 29.2 Å². The summed E-state index contributed by atoms with van der Waals surface area (Å²) < 4.78 is 14.8. The van der Waals surface area contributed by atoms with Gasteiger partial charge in [-0.15, -0.1) is 0 Å². The van der Waals surface area contributed by atoms with Crippen molar-refractivity contribution < 1.29 is 4.39 Å². The van der Waals surface area contributed by atoms with E-state index in [0.29, 0.717) is 12.5 Å². The quantitative estimate of drug-likeness (QED) is 0.773. The summed E-state index contributed by atoms with van der Waals surface area (Å²) in [6.07, 6.45) is 3.87. The number of hydrogen-bond donors (Lipinski definition) is 0. The Morgan fingerprint density at radius 1 is 1.38 bits per heavy atom. The molecule has 0 aliphatic heterocycles. The molecule has 0 radical (unpaired) electrons. The fraction of sp³-hybridized carbons (Fsp3) is 0.308. The van der Waals surface area contributed by atoms with Crippen LogP contribution in [0.25, 0.3) is 0 Å². The van der Waals surface area contributed by atoms with Gasteiger partial charge in [0.1, 0.15) is 5.82 Å². The Hall–Kier alpha value is -1.64. The number of rotatable bonds is 3. The summed E-state index contributed by atoms with van der Waals surface area (Å²) in [6.45, 7) is 4.87. The lowest BCUT2D eigenvalue weighted by molar-refractivity contribution is 0.619. The number of halogens is 1. The Morgan fingerprint density at radius 3 is 2.81 bits per heavy atom. The third kappa shape index (κ3) is 2.48. The fourth-order valence-corrected chi connectivity index (χ4v) is 1.59. The number of hydrogen-bond acceptors (Lipinski definition) is 1. The fourth-order valence-electron chi connectivity index (χ4n) is 1.59. The van der Waals surface area contributed by atoms with Gasteiger partial charge in [-0.3, -0.25) is 4.68 Å². The first-order chi connectivity index (χ1) is 7.65. The van der Waals surface area contributed by atoms with E-state index in [9.17, 15) is 4.39 Å². The number of nitrogens with zero attached hydrogens (tertiary/aromatic N) is 2. The maximum Gasteiger partial charge on any atom is 0.123 e. The van der Waals surface area contributed by atoms with Crippen LogP contribution in [0, 0.1) is 5.82 Å². The van der Waals surface area contributed by atoms with Crippen molar-refractivity contribution in [3.8, 4) is 0 Å². The summed E-state index contributed by atoms with van der Waals surface area (Å²) >= 11 is 0. The average Bonchev–Trinajstić information content (AvgIpc) is 2.66. The van der Waals surface area contributed by atoms with Gasteiger partial charge in [0.25, 0.3) is 0 Å². The lowest BCUT2D eigenvalue weighted by Gasteiger charge is -2.02. The summed E-state index contributed by atoms with van der Waals surface area (Å²) in [6, 6.07) is 6.61. The Balaban J connectivity index is 2.14. The summed E-state index contributed by atoms with van der Waals surface area (Å²) in [5, 5.41) is 4.26. The van der Waals surface area contributed by atoms with Gasteiger partial charge in [0.2, 0.25) is 0 Å². The van der Waals surface area contributed by atoms with Crippen molar-refractivity contribution in [2.45, 2.75) is 26.3 Å². The number of aromatic nitrogens is 2. The summed E-state index contributed by atoms with van der Waals surface area (Å²) in [7, 11) is 0. The molecule has 2 rings (SSSR count). The van der Waals surface area contributed by atoms with Crippen LogP contribution in [0.5, 0.6) is 0 Å². The molecule has 2 nitrogen and oxygen atoms in total. The molecule has 0 N–H and O–H groups in total. The molecule has 3 heteroatoms. The minimum atomic E-state index is -0.200. The van der Waals surface area contributed by atoms with Gasteiger partial charge >= 0.3 is 0 Å². The van der Waals surface area contributed by atoms with Crippen molar-refractivity contribution in [1.82, 2.24) is 9.78 Å². The molecule has 0 bridgehead atoms. The molecule has 0 aliphatic carbocycles. The molecule has 0 aliphatic rings. The maximum atomic E-state index is 13.0. The highest BCUT2D eigenvalue weighted by Gasteiger charge is 2.03. The van der Waals surface area contributed by atoms with Crippen LogP contribution in [0.2, 0.25) is 0 Å². The van der Waals surface area contributed by atoms with E-state index in [-0.39, 0.29) is 5.82 Å². The smallest absolute Gasteiger partial charge is 0.123 e. The second kappa shape index (κ2) is 4.47. The highest BCUT2D eigenvalue weighted by Crippen LogP contribution is 2.13. The zero-order chi connectivity index (χ0) is 11.5. The van der Waals surface area contributed by atoms with Crippen LogP contribution >= 0.6 is 0 Å². The largest absolute Gasteiger partial charge is 0.268 e. The Labute approximate surface area is 94.7 Å². The van der Waals surface area contributed by atoms with Crippen LogP contribution < -0.4 is 0 Å². The number of benzene rings is 1. The topological polar surface area (TPSA) is 17.8 Å². The molecule has 0 saturated carbocycles. The molecule has 0 amide bonds. The predicted molar refractivity (Wildman–Crippen MR) is 61.8 cm³/mol. The van der Waals surface area contributed by atoms with Crippen molar-refractivity contribution in [2.75, 3.05) is 0 Å². The summed E-state index contributed by atoms with van der Waals surface area (Å²) in [5.74, 6) is 0.273. The standard InChI is InChI=1S/C13H15FN2/c1-10(2)12-7-15-16(9-12)8-11-4-3-5-13(14)6-11/h3-7,9-10H,8H2,1-2H3. The zero-order valence-electron chi connectivity index (χ0n) is 9.52. The SMILES string of the molecule is CC(C)c1cnn(Cc2cccc(F)c2)c1. The molecule has 2 aromatic rings. The van der Waals surface area contributed by atoms with Gasteiger partial charge < -0.3 is 0 Å². The predicted octanol–water partition coefficient (Wildman–Crippen LogP) is 3.19. The third-order valence-electron chi connectivity index (χ3n) is 2.55. The Bertz CT molecular complexity index is 474. The van der Waals surface area contributed by atoms with Gasteiger partial charge in [-0.2, -0.15) is 5.10 Å². The first-order valence-corrected chi connectivity index (χ1v) is 5.42. The molecule has 0 fully saturated rings. The molecule has 1 aromatic carbocycles. The van der Waals surface area contributed by atoms with Crippen molar-refractivity contribution in [3.63, 3.8) is 0 Å². The van der Waals surface area contributed by atoms with Gasteiger partial charge in [0, 0.05) is 6.20 Å². The highest BCUT2D eigenvalue weighted by molar-refractivity contribution is 5.17. The van der Waals surface area contributed by atoms with Crippen LogP contribution in [0.15, 0.2) is 36.7 Å². The molecule has 16 heavy (non-hydrogen) atoms. The minimum Gasteiger partial charge on any atom is -0.268 e. The van der Waals surface area contributed by atoms with E-state index in [1.165, 1.54) is 17.7 Å². The van der Waals surface area contributed by atoms with E-state index in [4.69, 9.17) is 0 Å². The van der Waals surface area contributed by atoms with E-state index >= 15 is 0 Å². The monoisotopic (exact) mass is 218 g/mol. The van der Waals surface area contributed by atoms with Gasteiger partial charge in [-0.1, -0.05) is 26.0 Å². The van der Waals surface area contributed by atoms with E-state index in [1.54, 1.807) is 6.07 Å². The Kier molecular flexibility index (Phi) is 3.04. The second-order valence-corrected chi connectivity index (χ2v) is 4.26. The van der Waals surface area contributed by atoms with Crippen molar-refractivity contribution >= 4 is 0 Å². The van der Waals surface area contributed by atoms with Crippen LogP contribution in [0.1, 0.15) is 30.9 Å². The van der Waals surface area contributed by atoms with Crippen molar-refractivity contribution in [3.05, 3.63) is 53.6 Å². The van der Waals surface area contributed by atoms with Crippen molar-refractivity contribution in [1.29, 1.82) is 0 Å². The average molecular weight is 218 g/mol. The van der Waals surface area contributed by atoms with Gasteiger partial charge in [0.15, 0.2) is 0 Å². The van der Waals surface area contributed by atoms with E-state index < -0.39 is 0 Å². The van der Waals surface area contributed by atoms with Crippen LogP contribution in [0.3, 0.4) is 0 Å². The molecule has 1 heterocycles. The molecule has 0 saturated heterocycles. The molecule has 84 valence electrons. The van der Waals surface area contributed by atoms with E-state index in [1.807, 2.05) is 23.1 Å². The maximum absolute atomic E-state index is 13.0. The molecule has 0 spiro atoms. The van der Waals surface area contributed by atoms with Crippen LogP contribution in [-0.4, -0.2) is 9.78 Å². The molecular weight excluding hydrogens is 203 g/mol. The molecular formula is C13H15FN2. The first kappa shape index (κ1) is 10.9. The third-order valence-corrected chi connectivity index (χ3v) is 2.55. The van der Waals surface area contributed by atoms with Crippen LogP contribution in [-0.2, 0) is 6.54 Å². The molecule has 1 aromatic heterocycles. The highest BCUT2D eigenvalue weighted by atomic mass is 19.1. The van der Waals surface area contributed by atoms with Gasteiger partial charge in [-0.25, -0.2) is 4.39 Å². The lowest BCUT2D eigenvalue weighted by Crippen LogP contribution is -2.00. The first-order valence-electron chi connectivity index (χ1n) is 5.42. The molecule has 0 atom stereocenters. The van der Waals surface area contributed by atoms with E-state index in [2.05, 4.69) is 18.9 Å². The lowest BCUT2D eigenvalue weighted by atomic mass is 10.1. The van der Waals surface area contributed by atoms with Crippen LogP contribution in [0.4, 0.5) is 4.39 Å². The van der Waals surface area contributed by atoms with E-state index in [0.717, 1.165) is 5.56 Å². The summed E-state index contributed by atoms with van der Waals surface area (Å²) in [4.78, 5) is 0.